The van der Waals surface area contributed by atoms with E-state index in [0.29, 0.717) is 11.1 Å². The van der Waals surface area contributed by atoms with Crippen molar-refractivity contribution in [2.75, 3.05) is 7.11 Å². The molecular weight excluding hydrogens is 260 g/mol. The summed E-state index contributed by atoms with van der Waals surface area (Å²) in [5, 5.41) is 0. The van der Waals surface area contributed by atoms with Gasteiger partial charge in [-0.05, 0) is 18.2 Å². The third-order valence-electron chi connectivity index (χ3n) is 2.56. The molecule has 0 atom stereocenters. The van der Waals surface area contributed by atoms with E-state index in [1.165, 1.54) is 18.9 Å². The molecule has 4 heteroatoms. The summed E-state index contributed by atoms with van der Waals surface area (Å²) in [4.78, 5) is 24.2. The predicted octanol–water partition coefficient (Wildman–Crippen LogP) is 3.44. The summed E-state index contributed by atoms with van der Waals surface area (Å²) in [7, 11) is 1.35. The van der Waals surface area contributed by atoms with Gasteiger partial charge in [0.05, 0.1) is 12.7 Å². The highest BCUT2D eigenvalue weighted by atomic mass is 32.2. The van der Waals surface area contributed by atoms with E-state index < -0.39 is 0 Å². The second kappa shape index (κ2) is 6.20. The highest BCUT2D eigenvalue weighted by molar-refractivity contribution is 7.99. The normalized spacial score (nSPS) is 9.95. The van der Waals surface area contributed by atoms with Gasteiger partial charge in [-0.25, -0.2) is 4.79 Å². The number of carbonyl (C=O) groups excluding carboxylic acids is 2. The Morgan fingerprint density at radius 3 is 2.37 bits per heavy atom. The van der Waals surface area contributed by atoms with E-state index in [4.69, 9.17) is 4.74 Å². The fraction of sp³-hybridized carbons (Fsp3) is 0.0667. The maximum atomic E-state index is 11.7. The van der Waals surface area contributed by atoms with Crippen LogP contribution in [0.4, 0.5) is 0 Å². The van der Waals surface area contributed by atoms with Gasteiger partial charge in [0.2, 0.25) is 0 Å². The molecule has 96 valence electrons. The van der Waals surface area contributed by atoms with E-state index in [2.05, 4.69) is 0 Å². The number of methoxy groups -OCH3 is 1. The maximum Gasteiger partial charge on any atom is 0.339 e. The lowest BCUT2D eigenvalue weighted by atomic mass is 10.2. The standard InChI is InChI=1S/C15H12O3S/c1-18-15(17)12-7-3-5-9-14(12)19-13-8-4-2-6-11(13)10-16/h2-10H,1H3. The average molecular weight is 272 g/mol. The highest BCUT2D eigenvalue weighted by Gasteiger charge is 2.13. The van der Waals surface area contributed by atoms with Crippen molar-refractivity contribution < 1.29 is 14.3 Å². The first-order chi connectivity index (χ1) is 9.26. The van der Waals surface area contributed by atoms with Gasteiger partial charge in [-0.1, -0.05) is 42.1 Å². The van der Waals surface area contributed by atoms with Crippen molar-refractivity contribution in [3.05, 3.63) is 59.7 Å². The first kappa shape index (κ1) is 13.4. The summed E-state index contributed by atoms with van der Waals surface area (Å²) in [5.41, 5.74) is 1.10. The summed E-state index contributed by atoms with van der Waals surface area (Å²) in [5.74, 6) is -0.383. The van der Waals surface area contributed by atoms with Crippen molar-refractivity contribution in [3.8, 4) is 0 Å². The van der Waals surface area contributed by atoms with Crippen LogP contribution in [-0.4, -0.2) is 19.4 Å². The van der Waals surface area contributed by atoms with Crippen LogP contribution in [0.25, 0.3) is 0 Å². The molecule has 0 spiro atoms. The van der Waals surface area contributed by atoms with Crippen molar-refractivity contribution in [3.63, 3.8) is 0 Å². The first-order valence-corrected chi connectivity index (χ1v) is 6.47. The topological polar surface area (TPSA) is 43.4 Å². The van der Waals surface area contributed by atoms with E-state index in [-0.39, 0.29) is 5.97 Å². The van der Waals surface area contributed by atoms with Crippen molar-refractivity contribution in [2.24, 2.45) is 0 Å². The molecule has 0 aliphatic heterocycles. The SMILES string of the molecule is COC(=O)c1ccccc1Sc1ccccc1C=O. The molecule has 2 aromatic carbocycles. The van der Waals surface area contributed by atoms with Gasteiger partial charge < -0.3 is 4.74 Å². The molecular formula is C15H12O3S. The Morgan fingerprint density at radius 1 is 1.05 bits per heavy atom. The Labute approximate surface area is 115 Å². The number of benzene rings is 2. The molecule has 0 aromatic heterocycles. The fourth-order valence-corrected chi connectivity index (χ4v) is 2.65. The molecule has 19 heavy (non-hydrogen) atoms. The lowest BCUT2D eigenvalue weighted by Gasteiger charge is -2.08. The quantitative estimate of drug-likeness (QED) is 0.631. The fourth-order valence-electron chi connectivity index (χ4n) is 1.62. The van der Waals surface area contributed by atoms with Crippen LogP contribution in [0, 0.1) is 0 Å². The molecule has 0 amide bonds. The van der Waals surface area contributed by atoms with E-state index in [1.807, 2.05) is 24.3 Å². The minimum absolute atomic E-state index is 0.383. The van der Waals surface area contributed by atoms with E-state index in [1.54, 1.807) is 24.3 Å². The Morgan fingerprint density at radius 2 is 1.68 bits per heavy atom. The summed E-state index contributed by atoms with van der Waals surface area (Å²) < 4.78 is 4.75. The zero-order chi connectivity index (χ0) is 13.7. The van der Waals surface area contributed by atoms with Crippen LogP contribution in [0.1, 0.15) is 20.7 Å². The number of aldehydes is 1. The minimum atomic E-state index is -0.383. The van der Waals surface area contributed by atoms with Crippen LogP contribution in [-0.2, 0) is 4.74 Å². The zero-order valence-electron chi connectivity index (χ0n) is 10.3. The molecule has 0 saturated heterocycles. The van der Waals surface area contributed by atoms with Crippen LogP contribution < -0.4 is 0 Å². The third kappa shape index (κ3) is 3.03. The lowest BCUT2D eigenvalue weighted by Crippen LogP contribution is -2.02. The molecule has 0 aliphatic rings. The minimum Gasteiger partial charge on any atom is -0.465 e. The number of carbonyl (C=O) groups is 2. The van der Waals surface area contributed by atoms with Crippen molar-refractivity contribution in [2.45, 2.75) is 9.79 Å². The molecule has 0 N–H and O–H groups in total. The number of ether oxygens (including phenoxy) is 1. The largest absolute Gasteiger partial charge is 0.465 e. The molecule has 0 aliphatic carbocycles. The van der Waals surface area contributed by atoms with Gasteiger partial charge in [-0.2, -0.15) is 0 Å². The van der Waals surface area contributed by atoms with Gasteiger partial charge in [0.15, 0.2) is 6.29 Å². The van der Waals surface area contributed by atoms with E-state index in [0.717, 1.165) is 16.1 Å². The molecule has 2 rings (SSSR count). The van der Waals surface area contributed by atoms with Gasteiger partial charge in [0.25, 0.3) is 0 Å². The lowest BCUT2D eigenvalue weighted by molar-refractivity contribution is 0.0596. The second-order valence-corrected chi connectivity index (χ2v) is 4.83. The van der Waals surface area contributed by atoms with Gasteiger partial charge in [0.1, 0.15) is 0 Å². The molecule has 0 fully saturated rings. The number of rotatable bonds is 4. The molecule has 0 bridgehead atoms. The monoisotopic (exact) mass is 272 g/mol. The third-order valence-corrected chi connectivity index (χ3v) is 3.73. The first-order valence-electron chi connectivity index (χ1n) is 5.65. The van der Waals surface area contributed by atoms with Crippen molar-refractivity contribution in [1.82, 2.24) is 0 Å². The van der Waals surface area contributed by atoms with Crippen LogP contribution in [0.3, 0.4) is 0 Å². The number of hydrogen-bond acceptors (Lipinski definition) is 4. The zero-order valence-corrected chi connectivity index (χ0v) is 11.1. The molecule has 0 heterocycles. The molecule has 2 aromatic rings. The Balaban J connectivity index is 2.38. The molecule has 3 nitrogen and oxygen atoms in total. The summed E-state index contributed by atoms with van der Waals surface area (Å²) in [6.07, 6.45) is 0.809. The van der Waals surface area contributed by atoms with Crippen LogP contribution in [0.5, 0.6) is 0 Å². The van der Waals surface area contributed by atoms with Crippen molar-refractivity contribution in [1.29, 1.82) is 0 Å². The van der Waals surface area contributed by atoms with Crippen LogP contribution >= 0.6 is 11.8 Å². The molecule has 0 radical (unpaired) electrons. The summed E-state index contributed by atoms with van der Waals surface area (Å²) in [6, 6.07) is 14.4. The van der Waals surface area contributed by atoms with E-state index >= 15 is 0 Å². The summed E-state index contributed by atoms with van der Waals surface area (Å²) >= 11 is 1.38. The van der Waals surface area contributed by atoms with Crippen LogP contribution in [0.15, 0.2) is 58.3 Å². The van der Waals surface area contributed by atoms with Gasteiger partial charge in [-0.15, -0.1) is 0 Å². The highest BCUT2D eigenvalue weighted by Crippen LogP contribution is 2.32. The Hall–Kier alpha value is -2.07. The average Bonchev–Trinajstić information content (AvgIpc) is 2.47. The maximum absolute atomic E-state index is 11.7. The molecule has 0 unspecified atom stereocenters. The molecule has 0 saturated carbocycles. The van der Waals surface area contributed by atoms with Gasteiger partial charge in [0, 0.05) is 15.4 Å². The van der Waals surface area contributed by atoms with E-state index in [9.17, 15) is 9.59 Å². The predicted molar refractivity (Wildman–Crippen MR) is 73.7 cm³/mol. The van der Waals surface area contributed by atoms with Crippen LogP contribution in [0.2, 0.25) is 0 Å². The number of hydrogen-bond donors (Lipinski definition) is 0. The van der Waals surface area contributed by atoms with Crippen molar-refractivity contribution >= 4 is 24.0 Å². The Bertz CT molecular complexity index is 608. The number of esters is 1. The summed E-state index contributed by atoms with van der Waals surface area (Å²) in [6.45, 7) is 0. The van der Waals surface area contributed by atoms with Gasteiger partial charge >= 0.3 is 5.97 Å². The smallest absolute Gasteiger partial charge is 0.339 e. The Kier molecular flexibility index (Phi) is 4.36. The second-order valence-electron chi connectivity index (χ2n) is 3.75. The van der Waals surface area contributed by atoms with Gasteiger partial charge in [-0.3, -0.25) is 4.79 Å².